The minimum Gasteiger partial charge on any atom is -0.370 e. The number of nitrogens with zero attached hydrogens (tertiary/aromatic N) is 1. The van der Waals surface area contributed by atoms with Crippen molar-refractivity contribution in [1.29, 1.82) is 0 Å². The average molecular weight is 205 g/mol. The molecule has 0 atom stereocenters. The van der Waals surface area contributed by atoms with E-state index in [0.717, 1.165) is 0 Å². The maximum Gasteiger partial charge on any atom is 0.398 e. The number of hydrogen-bond donors (Lipinski definition) is 2. The van der Waals surface area contributed by atoms with Gasteiger partial charge in [0.05, 0.1) is 19.8 Å². The van der Waals surface area contributed by atoms with Crippen LogP contribution >= 0.6 is 0 Å². The van der Waals surface area contributed by atoms with Crippen molar-refractivity contribution < 1.29 is 14.2 Å². The molecule has 0 radical (unpaired) electrons. The zero-order chi connectivity index (χ0) is 11.0. The van der Waals surface area contributed by atoms with E-state index in [1.54, 1.807) is 20.8 Å². The van der Waals surface area contributed by atoms with E-state index in [1.165, 1.54) is 0 Å². The van der Waals surface area contributed by atoms with Gasteiger partial charge in [-0.05, 0) is 20.8 Å². The van der Waals surface area contributed by atoms with Crippen LogP contribution in [0, 0.1) is 0 Å². The fourth-order valence-electron chi connectivity index (χ4n) is 0.927. The molecule has 0 aromatic heterocycles. The van der Waals surface area contributed by atoms with E-state index in [1.807, 2.05) is 0 Å². The Kier molecular flexibility index (Phi) is 6.18. The van der Waals surface area contributed by atoms with Crippen molar-refractivity contribution >= 4 is 5.96 Å². The van der Waals surface area contributed by atoms with Crippen LogP contribution in [0.3, 0.4) is 0 Å². The second-order valence-electron chi connectivity index (χ2n) is 2.36. The summed E-state index contributed by atoms with van der Waals surface area (Å²) in [4.78, 5) is 3.78. The van der Waals surface area contributed by atoms with Gasteiger partial charge >= 0.3 is 6.10 Å². The van der Waals surface area contributed by atoms with Crippen molar-refractivity contribution in [3.8, 4) is 0 Å². The topological polar surface area (TPSA) is 92.1 Å². The molecular formula is C8H19N3O3. The first-order valence-electron chi connectivity index (χ1n) is 4.62. The molecule has 6 nitrogen and oxygen atoms in total. The molecule has 0 saturated carbocycles. The number of ether oxygens (including phenoxy) is 3. The largest absolute Gasteiger partial charge is 0.398 e. The molecular weight excluding hydrogens is 186 g/mol. The molecule has 0 aliphatic rings. The first kappa shape index (κ1) is 13.2. The summed E-state index contributed by atoms with van der Waals surface area (Å²) in [6, 6.07) is 0. The highest BCUT2D eigenvalue weighted by Gasteiger charge is 2.32. The van der Waals surface area contributed by atoms with Gasteiger partial charge in [-0.2, -0.15) is 4.99 Å². The van der Waals surface area contributed by atoms with Crippen molar-refractivity contribution in [3.05, 3.63) is 0 Å². The van der Waals surface area contributed by atoms with E-state index >= 15 is 0 Å². The normalized spacial score (nSPS) is 11.4. The van der Waals surface area contributed by atoms with Crippen LogP contribution in [-0.2, 0) is 14.2 Å². The Bertz CT molecular complexity index is 164. The molecule has 14 heavy (non-hydrogen) atoms. The maximum absolute atomic E-state index is 5.26. The lowest BCUT2D eigenvalue weighted by Gasteiger charge is -2.27. The van der Waals surface area contributed by atoms with Crippen molar-refractivity contribution in [3.63, 3.8) is 0 Å². The predicted octanol–water partition coefficient (Wildman–Crippen LogP) is -0.0194. The molecule has 0 spiro atoms. The van der Waals surface area contributed by atoms with Gasteiger partial charge in [-0.1, -0.05) is 0 Å². The molecule has 0 heterocycles. The van der Waals surface area contributed by atoms with E-state index < -0.39 is 6.10 Å². The molecule has 0 amide bonds. The number of hydrogen-bond acceptors (Lipinski definition) is 4. The summed E-state index contributed by atoms with van der Waals surface area (Å²) in [5, 5.41) is 0. The monoisotopic (exact) mass is 205 g/mol. The highest BCUT2D eigenvalue weighted by molar-refractivity contribution is 5.75. The molecule has 0 saturated heterocycles. The van der Waals surface area contributed by atoms with Crippen LogP contribution in [0.5, 0.6) is 0 Å². The third-order valence-electron chi connectivity index (χ3n) is 1.25. The molecule has 6 heteroatoms. The molecule has 0 aromatic rings. The Balaban J connectivity index is 4.63. The number of nitrogens with two attached hydrogens (primary N) is 2. The average Bonchev–Trinajstić information content (AvgIpc) is 2.03. The molecule has 0 aromatic carbocycles. The number of rotatable bonds is 7. The molecule has 0 rings (SSSR count). The summed E-state index contributed by atoms with van der Waals surface area (Å²) >= 11 is 0. The third kappa shape index (κ3) is 4.40. The van der Waals surface area contributed by atoms with Crippen molar-refractivity contribution in [2.75, 3.05) is 19.8 Å². The van der Waals surface area contributed by atoms with E-state index in [0.29, 0.717) is 19.8 Å². The van der Waals surface area contributed by atoms with E-state index in [-0.39, 0.29) is 5.96 Å². The highest BCUT2D eigenvalue weighted by atomic mass is 16.9. The van der Waals surface area contributed by atoms with Gasteiger partial charge in [0.25, 0.3) is 0 Å². The van der Waals surface area contributed by atoms with Crippen LogP contribution in [0.1, 0.15) is 20.8 Å². The maximum atomic E-state index is 5.26. The van der Waals surface area contributed by atoms with Crippen LogP contribution in [-0.4, -0.2) is 31.9 Å². The summed E-state index contributed by atoms with van der Waals surface area (Å²) in [7, 11) is 0. The van der Waals surface area contributed by atoms with Gasteiger partial charge in [-0.3, -0.25) is 0 Å². The van der Waals surface area contributed by atoms with E-state index in [2.05, 4.69) is 4.99 Å². The van der Waals surface area contributed by atoms with Gasteiger partial charge < -0.3 is 25.7 Å². The van der Waals surface area contributed by atoms with Gasteiger partial charge in [0.2, 0.25) is 0 Å². The lowest BCUT2D eigenvalue weighted by molar-refractivity contribution is -0.371. The highest BCUT2D eigenvalue weighted by Crippen LogP contribution is 2.16. The summed E-state index contributed by atoms with van der Waals surface area (Å²) in [6.45, 7) is 6.56. The van der Waals surface area contributed by atoms with Crippen LogP contribution in [0.25, 0.3) is 0 Å². The summed E-state index contributed by atoms with van der Waals surface area (Å²) in [6.07, 6.45) is -1.49. The first-order chi connectivity index (χ1) is 6.60. The van der Waals surface area contributed by atoms with Gasteiger partial charge in [0.1, 0.15) is 0 Å². The minimum atomic E-state index is -1.49. The van der Waals surface area contributed by atoms with Crippen LogP contribution in [0.15, 0.2) is 4.99 Å². The number of aliphatic imine (C=N–C) groups is 1. The van der Waals surface area contributed by atoms with Crippen LogP contribution in [0.2, 0.25) is 0 Å². The van der Waals surface area contributed by atoms with E-state index in [4.69, 9.17) is 25.7 Å². The fourth-order valence-corrected chi connectivity index (χ4v) is 0.927. The fraction of sp³-hybridized carbons (Fsp3) is 0.875. The van der Waals surface area contributed by atoms with Crippen LogP contribution in [0.4, 0.5) is 0 Å². The van der Waals surface area contributed by atoms with Gasteiger partial charge in [0.15, 0.2) is 5.96 Å². The van der Waals surface area contributed by atoms with Crippen molar-refractivity contribution in [1.82, 2.24) is 0 Å². The van der Waals surface area contributed by atoms with Crippen molar-refractivity contribution in [2.45, 2.75) is 26.9 Å². The van der Waals surface area contributed by atoms with Gasteiger partial charge in [-0.15, -0.1) is 0 Å². The third-order valence-corrected chi connectivity index (χ3v) is 1.25. The zero-order valence-electron chi connectivity index (χ0n) is 8.95. The lowest BCUT2D eigenvalue weighted by atomic mass is 10.7. The standard InChI is InChI=1S/C8H19N3O3/c1-4-12-8(13-5-2,14-6-3)11-7(9)10/h4-6H2,1-3H3,(H4,9,10,11). The molecule has 4 N–H and O–H groups in total. The quantitative estimate of drug-likeness (QED) is 0.346. The van der Waals surface area contributed by atoms with Crippen molar-refractivity contribution in [2.24, 2.45) is 16.5 Å². The van der Waals surface area contributed by atoms with Crippen LogP contribution < -0.4 is 11.5 Å². The predicted molar refractivity (Wildman–Crippen MR) is 53.4 cm³/mol. The Morgan fingerprint density at radius 1 is 1.00 bits per heavy atom. The second kappa shape index (κ2) is 6.58. The van der Waals surface area contributed by atoms with E-state index in [9.17, 15) is 0 Å². The lowest BCUT2D eigenvalue weighted by Crippen LogP contribution is -2.41. The van der Waals surface area contributed by atoms with Gasteiger partial charge in [0, 0.05) is 0 Å². The smallest absolute Gasteiger partial charge is 0.370 e. The Morgan fingerprint density at radius 2 is 1.36 bits per heavy atom. The summed E-state index contributed by atoms with van der Waals surface area (Å²) in [5.74, 6) is -0.139. The van der Waals surface area contributed by atoms with Gasteiger partial charge in [-0.25, -0.2) is 0 Å². The molecule has 0 aliphatic heterocycles. The summed E-state index contributed by atoms with van der Waals surface area (Å²) < 4.78 is 15.7. The minimum absolute atomic E-state index is 0.139. The molecule has 0 bridgehead atoms. The molecule has 0 unspecified atom stereocenters. The Morgan fingerprint density at radius 3 is 1.57 bits per heavy atom. The summed E-state index contributed by atoms with van der Waals surface area (Å²) in [5.41, 5.74) is 10.5. The Hall–Kier alpha value is -0.850. The number of guanidine groups is 1. The second-order valence-corrected chi connectivity index (χ2v) is 2.36. The first-order valence-corrected chi connectivity index (χ1v) is 4.62. The zero-order valence-corrected chi connectivity index (χ0v) is 8.95. The SMILES string of the molecule is CCOC(N=C(N)N)(OCC)OCC. The molecule has 0 aliphatic carbocycles. The molecule has 84 valence electrons. The molecule has 0 fully saturated rings. The Labute approximate surface area is 84.2 Å².